The first-order valence-corrected chi connectivity index (χ1v) is 11.4. The van der Waals surface area contributed by atoms with E-state index in [2.05, 4.69) is 6.58 Å². The van der Waals surface area contributed by atoms with Crippen molar-refractivity contribution in [3.8, 4) is 5.75 Å². The van der Waals surface area contributed by atoms with E-state index in [-0.39, 0.29) is 29.5 Å². The van der Waals surface area contributed by atoms with Gasteiger partial charge < -0.3 is 14.7 Å². The first-order valence-electron chi connectivity index (χ1n) is 11.4. The molecular formula is C28H31F4NO3. The predicted octanol–water partition coefficient (Wildman–Crippen LogP) is 6.73. The van der Waals surface area contributed by atoms with Crippen LogP contribution in [0, 0.1) is 5.82 Å². The van der Waals surface area contributed by atoms with Crippen LogP contribution in [0.4, 0.5) is 17.6 Å². The van der Waals surface area contributed by atoms with Crippen LogP contribution in [0.25, 0.3) is 5.70 Å². The number of benzene rings is 2. The van der Waals surface area contributed by atoms with Crippen LogP contribution in [0.2, 0.25) is 0 Å². The van der Waals surface area contributed by atoms with Crippen molar-refractivity contribution in [3.63, 3.8) is 0 Å². The average Bonchev–Trinajstić information content (AvgIpc) is 2.83. The van der Waals surface area contributed by atoms with Crippen LogP contribution in [0.5, 0.6) is 5.75 Å². The number of alkyl halides is 3. The second kappa shape index (κ2) is 12.5. The molecule has 0 radical (unpaired) electrons. The Balaban J connectivity index is 2.72. The zero-order valence-corrected chi connectivity index (χ0v) is 20.8. The van der Waals surface area contributed by atoms with Gasteiger partial charge in [0.25, 0.3) is 0 Å². The van der Waals surface area contributed by atoms with E-state index in [0.717, 1.165) is 17.7 Å². The van der Waals surface area contributed by atoms with Gasteiger partial charge in [-0.05, 0) is 47.9 Å². The maximum Gasteiger partial charge on any atom is 0.416 e. The van der Waals surface area contributed by atoms with Crippen molar-refractivity contribution in [3.05, 3.63) is 95.4 Å². The van der Waals surface area contributed by atoms with Gasteiger partial charge in [-0.2, -0.15) is 13.2 Å². The molecule has 194 valence electrons. The highest BCUT2D eigenvalue weighted by molar-refractivity contribution is 5.87. The third kappa shape index (κ3) is 6.85. The SMILES string of the molecule is C=C(c1ccc(C(F)(F)F)cc1OC)N(C(C)=O)C(C(/C=C\CO)=C/CC)C(C)c1ccc(F)cc1. The minimum Gasteiger partial charge on any atom is -0.496 e. The predicted molar refractivity (Wildman–Crippen MR) is 133 cm³/mol. The van der Waals surface area contributed by atoms with E-state index in [1.54, 1.807) is 18.2 Å². The molecule has 0 heterocycles. The molecule has 8 heteroatoms. The van der Waals surface area contributed by atoms with Gasteiger partial charge in [0.1, 0.15) is 11.6 Å². The zero-order chi connectivity index (χ0) is 27.0. The lowest BCUT2D eigenvalue weighted by atomic mass is 9.85. The Morgan fingerprint density at radius 1 is 1.19 bits per heavy atom. The van der Waals surface area contributed by atoms with Crippen LogP contribution >= 0.6 is 0 Å². The molecule has 2 aromatic rings. The first kappa shape index (κ1) is 28.8. The number of nitrogens with zero attached hydrogens (tertiary/aromatic N) is 1. The molecule has 1 N–H and O–H groups in total. The third-order valence-corrected chi connectivity index (χ3v) is 5.81. The standard InChI is InChI=1S/C28H31F4NO3/c1-6-8-22(9-7-16-34)27(18(2)21-10-13-24(29)14-11-21)33(20(4)35)19(3)25-15-12-23(28(30,31)32)17-26(25)36-5/h7-15,17-18,27,34H,3,6,16H2,1-2,4-5H3/b9-7-,22-8+. The fourth-order valence-electron chi connectivity index (χ4n) is 4.11. The second-order valence-corrected chi connectivity index (χ2v) is 8.23. The van der Waals surface area contributed by atoms with E-state index in [1.807, 2.05) is 19.9 Å². The Labute approximate surface area is 209 Å². The van der Waals surface area contributed by atoms with E-state index in [0.29, 0.717) is 12.0 Å². The summed E-state index contributed by atoms with van der Waals surface area (Å²) >= 11 is 0. The van der Waals surface area contributed by atoms with Gasteiger partial charge in [-0.1, -0.05) is 50.8 Å². The number of amides is 1. The monoisotopic (exact) mass is 505 g/mol. The highest BCUT2D eigenvalue weighted by atomic mass is 19.4. The Bertz CT molecular complexity index is 1120. The van der Waals surface area contributed by atoms with Gasteiger partial charge in [0.15, 0.2) is 0 Å². The Kier molecular flexibility index (Phi) is 10.0. The molecule has 2 rings (SSSR count). The van der Waals surface area contributed by atoms with Crippen LogP contribution in [0.1, 0.15) is 49.8 Å². The van der Waals surface area contributed by atoms with Crippen LogP contribution in [0.3, 0.4) is 0 Å². The number of aliphatic hydroxyl groups is 1. The van der Waals surface area contributed by atoms with Crippen molar-refractivity contribution in [2.45, 2.75) is 45.3 Å². The molecular weight excluding hydrogens is 474 g/mol. The summed E-state index contributed by atoms with van der Waals surface area (Å²) in [5.41, 5.74) is 0.897. The fraction of sp³-hybridized carbons (Fsp3) is 0.321. The molecule has 0 spiro atoms. The lowest BCUT2D eigenvalue weighted by Gasteiger charge is -2.38. The van der Waals surface area contributed by atoms with Gasteiger partial charge in [0.05, 0.1) is 25.3 Å². The van der Waals surface area contributed by atoms with E-state index < -0.39 is 29.5 Å². The summed E-state index contributed by atoms with van der Waals surface area (Å²) in [6.45, 7) is 8.95. The van der Waals surface area contributed by atoms with Crippen molar-refractivity contribution in [1.29, 1.82) is 0 Å². The Morgan fingerprint density at radius 2 is 1.83 bits per heavy atom. The molecule has 0 aliphatic rings. The molecule has 1 amide bonds. The summed E-state index contributed by atoms with van der Waals surface area (Å²) in [6, 6.07) is 8.21. The molecule has 0 fully saturated rings. The number of ether oxygens (including phenoxy) is 1. The van der Waals surface area contributed by atoms with Gasteiger partial charge in [0.2, 0.25) is 5.91 Å². The molecule has 0 aliphatic heterocycles. The van der Waals surface area contributed by atoms with Crippen molar-refractivity contribution in [2.24, 2.45) is 0 Å². The van der Waals surface area contributed by atoms with Gasteiger partial charge in [-0.3, -0.25) is 4.79 Å². The van der Waals surface area contributed by atoms with Crippen LogP contribution in [-0.4, -0.2) is 35.7 Å². The zero-order valence-electron chi connectivity index (χ0n) is 20.8. The maximum absolute atomic E-state index is 13.6. The maximum atomic E-state index is 13.6. The molecule has 36 heavy (non-hydrogen) atoms. The van der Waals surface area contributed by atoms with E-state index in [9.17, 15) is 27.5 Å². The van der Waals surface area contributed by atoms with Gasteiger partial charge >= 0.3 is 6.18 Å². The number of allylic oxidation sites excluding steroid dienone is 1. The van der Waals surface area contributed by atoms with Crippen LogP contribution < -0.4 is 4.74 Å². The van der Waals surface area contributed by atoms with Crippen molar-refractivity contribution < 1.29 is 32.2 Å². The smallest absolute Gasteiger partial charge is 0.416 e. The molecule has 0 aromatic heterocycles. The summed E-state index contributed by atoms with van der Waals surface area (Å²) in [5.74, 6) is -1.27. The second-order valence-electron chi connectivity index (χ2n) is 8.23. The van der Waals surface area contributed by atoms with E-state index in [4.69, 9.17) is 4.74 Å². The lowest BCUT2D eigenvalue weighted by Crippen LogP contribution is -2.41. The molecule has 4 nitrogen and oxygen atoms in total. The topological polar surface area (TPSA) is 49.8 Å². The van der Waals surface area contributed by atoms with Gasteiger partial charge in [-0.25, -0.2) is 4.39 Å². The number of aliphatic hydroxyl groups excluding tert-OH is 1. The highest BCUT2D eigenvalue weighted by Crippen LogP contribution is 2.39. The summed E-state index contributed by atoms with van der Waals surface area (Å²) in [7, 11) is 1.25. The van der Waals surface area contributed by atoms with Crippen LogP contribution in [-0.2, 0) is 11.0 Å². The molecule has 2 aromatic carbocycles. The molecule has 0 saturated carbocycles. The van der Waals surface area contributed by atoms with E-state index >= 15 is 0 Å². The normalized spacial score (nSPS) is 14.0. The number of carbonyl (C=O) groups is 1. The number of methoxy groups -OCH3 is 1. The van der Waals surface area contributed by atoms with Crippen molar-refractivity contribution in [2.75, 3.05) is 13.7 Å². The quantitative estimate of drug-likeness (QED) is 0.288. The van der Waals surface area contributed by atoms with E-state index in [1.165, 1.54) is 43.2 Å². The summed E-state index contributed by atoms with van der Waals surface area (Å²) in [5, 5.41) is 9.38. The summed E-state index contributed by atoms with van der Waals surface area (Å²) < 4.78 is 58.7. The lowest BCUT2D eigenvalue weighted by molar-refractivity contribution is -0.137. The fourth-order valence-corrected chi connectivity index (χ4v) is 4.11. The Morgan fingerprint density at radius 3 is 2.33 bits per heavy atom. The highest BCUT2D eigenvalue weighted by Gasteiger charge is 2.35. The van der Waals surface area contributed by atoms with Gasteiger partial charge in [-0.15, -0.1) is 0 Å². The number of rotatable bonds is 10. The minimum atomic E-state index is -4.57. The Hall–Kier alpha value is -3.39. The molecule has 2 atom stereocenters. The summed E-state index contributed by atoms with van der Waals surface area (Å²) in [6.07, 6.45) is 1.16. The largest absolute Gasteiger partial charge is 0.496 e. The van der Waals surface area contributed by atoms with Crippen molar-refractivity contribution >= 4 is 11.6 Å². The molecule has 0 aliphatic carbocycles. The number of hydrogen-bond donors (Lipinski definition) is 1. The summed E-state index contributed by atoms with van der Waals surface area (Å²) in [4.78, 5) is 14.5. The molecule has 0 bridgehead atoms. The van der Waals surface area contributed by atoms with Crippen molar-refractivity contribution in [1.82, 2.24) is 4.90 Å². The first-order chi connectivity index (χ1) is 17.0. The average molecular weight is 506 g/mol. The molecule has 0 saturated heterocycles. The molecule has 2 unspecified atom stereocenters. The van der Waals surface area contributed by atoms with Crippen LogP contribution in [0.15, 0.2) is 72.8 Å². The van der Waals surface area contributed by atoms with Gasteiger partial charge in [0, 0.05) is 24.1 Å². The minimum absolute atomic E-state index is 0.0822. The number of carbonyl (C=O) groups excluding carboxylic acids is 1. The number of halogens is 4. The third-order valence-electron chi connectivity index (χ3n) is 5.81. The number of hydrogen-bond acceptors (Lipinski definition) is 3.